The molecule has 250 valence electrons. The van der Waals surface area contributed by atoms with E-state index < -0.39 is 33.7 Å². The number of amides is 1. The number of aromatic nitrogens is 1. The predicted molar refractivity (Wildman–Crippen MR) is 164 cm³/mol. The number of benzene rings is 2. The molecule has 47 heavy (non-hydrogen) atoms. The summed E-state index contributed by atoms with van der Waals surface area (Å²) in [6.07, 6.45) is 0.127. The zero-order valence-electron chi connectivity index (χ0n) is 25.5. The summed E-state index contributed by atoms with van der Waals surface area (Å²) in [4.78, 5) is 19.0. The summed E-state index contributed by atoms with van der Waals surface area (Å²) in [5.74, 6) is -2.51. The van der Waals surface area contributed by atoms with Gasteiger partial charge in [0.05, 0.1) is 24.3 Å². The standard InChI is InChI=1S/C33H33F4N3O6S/c1-21-2-8-26(9-3-21)47(42,43)39-30-29(22-10-14-32(15-11-22)44-18-19-45-32)28(27(34)20-38-30)23-12-16-40(17-13-23)31(41)24-4-6-25(7-5-24)46-33(35,36)37/h2-10,20,23H,11-19H2,1H3,(H,38,39). The Balaban J connectivity index is 1.27. The Kier molecular flexibility index (Phi) is 9.02. The molecule has 0 radical (unpaired) electrons. The summed E-state index contributed by atoms with van der Waals surface area (Å²) in [6, 6.07) is 11.0. The average Bonchev–Trinajstić information content (AvgIpc) is 3.49. The van der Waals surface area contributed by atoms with Crippen molar-refractivity contribution in [3.05, 3.63) is 88.9 Å². The maximum atomic E-state index is 15.9. The number of sulfonamides is 1. The van der Waals surface area contributed by atoms with Gasteiger partial charge in [0.15, 0.2) is 5.79 Å². The third-order valence-electron chi connectivity index (χ3n) is 8.73. The SMILES string of the molecule is Cc1ccc(S(=O)(=O)Nc2ncc(F)c(C3CCN(C(=O)c4ccc(OC(F)(F)F)cc4)CC3)c2C2=CCC3(CC2)OCCO3)cc1. The van der Waals surface area contributed by atoms with E-state index in [1.165, 1.54) is 24.3 Å². The van der Waals surface area contributed by atoms with E-state index in [0.717, 1.165) is 29.5 Å². The van der Waals surface area contributed by atoms with E-state index in [2.05, 4.69) is 14.4 Å². The second-order valence-electron chi connectivity index (χ2n) is 11.8. The largest absolute Gasteiger partial charge is 0.573 e. The number of carbonyl (C=O) groups excluding carboxylic acids is 1. The molecule has 2 aromatic carbocycles. The molecule has 3 aliphatic rings. The first-order valence-corrected chi connectivity index (χ1v) is 16.7. The van der Waals surface area contributed by atoms with Gasteiger partial charge in [0, 0.05) is 42.6 Å². The highest BCUT2D eigenvalue weighted by molar-refractivity contribution is 7.92. The van der Waals surface area contributed by atoms with Gasteiger partial charge in [-0.05, 0) is 74.1 Å². The maximum Gasteiger partial charge on any atom is 0.573 e. The van der Waals surface area contributed by atoms with Crippen molar-refractivity contribution in [2.45, 2.75) is 62.0 Å². The minimum absolute atomic E-state index is 0.0112. The van der Waals surface area contributed by atoms with Gasteiger partial charge in [-0.1, -0.05) is 23.8 Å². The predicted octanol–water partition coefficient (Wildman–Crippen LogP) is 6.56. The molecular weight excluding hydrogens is 642 g/mol. The molecule has 1 amide bonds. The van der Waals surface area contributed by atoms with E-state index in [1.54, 1.807) is 17.0 Å². The number of hydrogen-bond donors (Lipinski definition) is 1. The number of hydrogen-bond acceptors (Lipinski definition) is 7. The van der Waals surface area contributed by atoms with E-state index in [9.17, 15) is 26.4 Å². The number of carbonyl (C=O) groups is 1. The van der Waals surface area contributed by atoms with Crippen molar-refractivity contribution in [1.82, 2.24) is 9.88 Å². The fraction of sp³-hybridized carbons (Fsp3) is 0.394. The van der Waals surface area contributed by atoms with Crippen LogP contribution in [0.2, 0.25) is 0 Å². The van der Waals surface area contributed by atoms with Gasteiger partial charge in [0.2, 0.25) is 0 Å². The van der Waals surface area contributed by atoms with Crippen molar-refractivity contribution < 1.29 is 45.0 Å². The molecule has 6 rings (SSSR count). The number of halogens is 4. The fourth-order valence-corrected chi connectivity index (χ4v) is 7.38. The number of ether oxygens (including phenoxy) is 3. The second kappa shape index (κ2) is 12.9. The molecule has 1 N–H and O–H groups in total. The van der Waals surface area contributed by atoms with Crippen molar-refractivity contribution in [3.8, 4) is 5.75 Å². The van der Waals surface area contributed by atoms with Crippen molar-refractivity contribution in [1.29, 1.82) is 0 Å². The number of rotatable bonds is 7. The van der Waals surface area contributed by atoms with Gasteiger partial charge in [0.1, 0.15) is 17.4 Å². The number of pyridine rings is 1. The molecule has 0 atom stereocenters. The lowest BCUT2D eigenvalue weighted by atomic mass is 9.81. The minimum atomic E-state index is -4.85. The summed E-state index contributed by atoms with van der Waals surface area (Å²) >= 11 is 0. The zero-order chi connectivity index (χ0) is 33.4. The van der Waals surface area contributed by atoms with Gasteiger partial charge < -0.3 is 19.1 Å². The molecule has 9 nitrogen and oxygen atoms in total. The highest BCUT2D eigenvalue weighted by Gasteiger charge is 2.40. The van der Waals surface area contributed by atoms with Crippen molar-refractivity contribution in [2.24, 2.45) is 0 Å². The van der Waals surface area contributed by atoms with E-state index in [4.69, 9.17) is 9.47 Å². The van der Waals surface area contributed by atoms with E-state index in [0.29, 0.717) is 56.4 Å². The molecule has 3 aromatic rings. The third kappa shape index (κ3) is 7.29. The van der Waals surface area contributed by atoms with E-state index in [1.807, 2.05) is 13.0 Å². The Morgan fingerprint density at radius 3 is 2.30 bits per heavy atom. The van der Waals surface area contributed by atoms with Gasteiger partial charge in [-0.3, -0.25) is 9.52 Å². The fourth-order valence-electron chi connectivity index (χ4n) is 6.35. The highest BCUT2D eigenvalue weighted by atomic mass is 32.2. The van der Waals surface area contributed by atoms with Gasteiger partial charge in [0.25, 0.3) is 15.9 Å². The first-order valence-electron chi connectivity index (χ1n) is 15.2. The van der Waals surface area contributed by atoms with Crippen LogP contribution in [0.15, 0.2) is 65.7 Å². The lowest BCUT2D eigenvalue weighted by molar-refractivity contribution is -0.274. The molecule has 2 fully saturated rings. The summed E-state index contributed by atoms with van der Waals surface area (Å²) in [5, 5.41) is 0. The lowest BCUT2D eigenvalue weighted by Gasteiger charge is -2.35. The monoisotopic (exact) mass is 675 g/mol. The van der Waals surface area contributed by atoms with Gasteiger partial charge in [-0.15, -0.1) is 13.2 Å². The molecule has 0 saturated carbocycles. The zero-order valence-corrected chi connectivity index (χ0v) is 26.3. The number of nitrogens with one attached hydrogen (secondary N) is 1. The molecular formula is C33H33F4N3O6S. The normalized spacial score (nSPS) is 18.7. The lowest BCUT2D eigenvalue weighted by Crippen LogP contribution is -2.38. The summed E-state index contributed by atoms with van der Waals surface area (Å²) in [5.41, 5.74) is 2.50. The van der Waals surface area contributed by atoms with Crippen LogP contribution in [-0.2, 0) is 19.5 Å². The van der Waals surface area contributed by atoms with Crippen LogP contribution in [0.1, 0.15) is 65.1 Å². The Morgan fingerprint density at radius 2 is 1.70 bits per heavy atom. The molecule has 1 aliphatic carbocycles. The Bertz CT molecular complexity index is 1770. The Labute approximate surface area is 269 Å². The number of allylic oxidation sites excluding steroid dienone is 1. The van der Waals surface area contributed by atoms with Gasteiger partial charge in [-0.2, -0.15) is 0 Å². The summed E-state index contributed by atoms with van der Waals surface area (Å²) < 4.78 is 98.5. The quantitative estimate of drug-likeness (QED) is 0.283. The van der Waals surface area contributed by atoms with Crippen molar-refractivity contribution in [2.75, 3.05) is 31.0 Å². The maximum absolute atomic E-state index is 15.9. The van der Waals surface area contributed by atoms with Crippen molar-refractivity contribution in [3.63, 3.8) is 0 Å². The molecule has 1 aromatic heterocycles. The van der Waals surface area contributed by atoms with Crippen LogP contribution in [0.5, 0.6) is 5.75 Å². The number of piperidine rings is 1. The smallest absolute Gasteiger partial charge is 0.406 e. The van der Waals surface area contributed by atoms with Crippen molar-refractivity contribution >= 4 is 27.3 Å². The average molecular weight is 676 g/mol. The molecule has 2 aliphatic heterocycles. The number of nitrogens with zero attached hydrogens (tertiary/aromatic N) is 2. The third-order valence-corrected chi connectivity index (χ3v) is 10.1. The number of alkyl halides is 3. The Morgan fingerprint density at radius 1 is 1.04 bits per heavy atom. The molecule has 14 heteroatoms. The Hall–Kier alpha value is -4.01. The van der Waals surface area contributed by atoms with Crippen LogP contribution >= 0.6 is 0 Å². The molecule has 1 spiro atoms. The number of aryl methyl sites for hydroxylation is 1. The number of likely N-dealkylation sites (tertiary alicyclic amines) is 1. The van der Waals surface area contributed by atoms with Crippen LogP contribution in [0.25, 0.3) is 5.57 Å². The molecule has 3 heterocycles. The first-order chi connectivity index (χ1) is 22.3. The molecule has 0 unspecified atom stereocenters. The van der Waals surface area contributed by atoms with E-state index in [-0.39, 0.29) is 41.2 Å². The first kappa shape index (κ1) is 32.9. The van der Waals surface area contributed by atoms with Crippen LogP contribution in [0.4, 0.5) is 23.4 Å². The summed E-state index contributed by atoms with van der Waals surface area (Å²) in [6.45, 7) is 3.29. The topological polar surface area (TPSA) is 107 Å². The van der Waals surface area contributed by atoms with Gasteiger partial charge in [-0.25, -0.2) is 17.8 Å². The minimum Gasteiger partial charge on any atom is -0.406 e. The van der Waals surface area contributed by atoms with Crippen LogP contribution in [-0.4, -0.2) is 62.7 Å². The number of anilines is 1. The summed E-state index contributed by atoms with van der Waals surface area (Å²) in [7, 11) is -4.07. The van der Waals surface area contributed by atoms with Crippen LogP contribution in [0, 0.1) is 12.7 Å². The van der Waals surface area contributed by atoms with Crippen LogP contribution < -0.4 is 9.46 Å². The van der Waals surface area contributed by atoms with Gasteiger partial charge >= 0.3 is 6.36 Å². The van der Waals surface area contributed by atoms with E-state index >= 15 is 4.39 Å². The highest BCUT2D eigenvalue weighted by Crippen LogP contribution is 2.44. The second-order valence-corrected chi connectivity index (χ2v) is 13.5. The van der Waals surface area contributed by atoms with Crippen LogP contribution in [0.3, 0.4) is 0 Å². The molecule has 2 saturated heterocycles. The molecule has 0 bridgehead atoms.